The Bertz CT molecular complexity index is 1340. The van der Waals surface area contributed by atoms with Gasteiger partial charge in [0.15, 0.2) is 0 Å². The van der Waals surface area contributed by atoms with Crippen LogP contribution in [0.2, 0.25) is 0 Å². The van der Waals surface area contributed by atoms with E-state index in [1.54, 1.807) is 0 Å². The minimum atomic E-state index is -0.110. The molecule has 5 aromatic carbocycles. The van der Waals surface area contributed by atoms with E-state index in [1.165, 1.54) is 10.8 Å². The SMILES string of the molecule is CCCCC(N)N(c1ccc(N(c2ccccc2)c2ccccc2)cc1)c1cccc2ccccc12. The van der Waals surface area contributed by atoms with Crippen LogP contribution in [-0.4, -0.2) is 6.17 Å². The van der Waals surface area contributed by atoms with Gasteiger partial charge in [-0.05, 0) is 66.4 Å². The lowest BCUT2D eigenvalue weighted by Crippen LogP contribution is -2.38. The zero-order chi connectivity index (χ0) is 24.7. The van der Waals surface area contributed by atoms with E-state index in [1.807, 2.05) is 0 Å². The number of unbranched alkanes of at least 4 members (excludes halogenated alkanes) is 1. The van der Waals surface area contributed by atoms with Crippen LogP contribution in [0.1, 0.15) is 26.2 Å². The topological polar surface area (TPSA) is 32.5 Å². The van der Waals surface area contributed by atoms with Crippen molar-refractivity contribution in [1.82, 2.24) is 0 Å². The second-order valence-electron chi connectivity index (χ2n) is 9.10. The van der Waals surface area contributed by atoms with E-state index in [-0.39, 0.29) is 6.17 Å². The summed E-state index contributed by atoms with van der Waals surface area (Å²) in [5.74, 6) is 0. The van der Waals surface area contributed by atoms with E-state index in [4.69, 9.17) is 5.73 Å². The molecule has 0 fully saturated rings. The lowest BCUT2D eigenvalue weighted by atomic mass is 10.1. The highest BCUT2D eigenvalue weighted by Gasteiger charge is 2.20. The van der Waals surface area contributed by atoms with E-state index in [0.717, 1.165) is 47.7 Å². The smallest absolute Gasteiger partial charge is 0.0820 e. The Morgan fingerprint density at radius 1 is 0.583 bits per heavy atom. The highest BCUT2D eigenvalue weighted by atomic mass is 15.2. The van der Waals surface area contributed by atoms with Crippen LogP contribution in [0.25, 0.3) is 10.8 Å². The zero-order valence-electron chi connectivity index (χ0n) is 20.8. The molecular formula is C33H33N3. The predicted molar refractivity (Wildman–Crippen MR) is 155 cm³/mol. The molecule has 5 aromatic rings. The maximum absolute atomic E-state index is 6.85. The largest absolute Gasteiger partial charge is 0.325 e. The van der Waals surface area contributed by atoms with Crippen LogP contribution < -0.4 is 15.5 Å². The van der Waals surface area contributed by atoms with Gasteiger partial charge in [-0.2, -0.15) is 0 Å². The molecule has 0 heterocycles. The fourth-order valence-electron chi connectivity index (χ4n) is 4.83. The second kappa shape index (κ2) is 11.1. The fourth-order valence-corrected chi connectivity index (χ4v) is 4.83. The van der Waals surface area contributed by atoms with Crippen molar-refractivity contribution in [2.75, 3.05) is 9.80 Å². The highest BCUT2D eigenvalue weighted by molar-refractivity contribution is 5.96. The van der Waals surface area contributed by atoms with Gasteiger partial charge in [-0.15, -0.1) is 0 Å². The normalized spacial score (nSPS) is 11.8. The van der Waals surface area contributed by atoms with Crippen molar-refractivity contribution in [2.24, 2.45) is 5.73 Å². The standard InChI is InChI=1S/C33H33N3/c1-2-3-21-33(34)36(32-20-12-14-26-13-10-11-19-31(26)32)30-24-22-29(23-25-30)35(27-15-6-4-7-16-27)28-17-8-5-9-18-28/h4-20,22-25,33H,2-3,21,34H2,1H3. The summed E-state index contributed by atoms with van der Waals surface area (Å²) in [6.45, 7) is 2.21. The number of para-hydroxylation sites is 2. The Morgan fingerprint density at radius 2 is 1.11 bits per heavy atom. The molecule has 0 aliphatic carbocycles. The van der Waals surface area contributed by atoms with Gasteiger partial charge in [-0.3, -0.25) is 0 Å². The first-order valence-electron chi connectivity index (χ1n) is 12.8. The molecule has 3 heteroatoms. The second-order valence-corrected chi connectivity index (χ2v) is 9.10. The number of nitrogens with two attached hydrogens (primary N) is 1. The van der Waals surface area contributed by atoms with Crippen LogP contribution >= 0.6 is 0 Å². The van der Waals surface area contributed by atoms with E-state index in [9.17, 15) is 0 Å². The Balaban J connectivity index is 1.57. The van der Waals surface area contributed by atoms with Crippen LogP contribution in [0.4, 0.5) is 28.4 Å². The summed E-state index contributed by atoms with van der Waals surface area (Å²) in [5.41, 5.74) is 12.5. The summed E-state index contributed by atoms with van der Waals surface area (Å²) < 4.78 is 0. The van der Waals surface area contributed by atoms with Gasteiger partial charge >= 0.3 is 0 Å². The Hall–Kier alpha value is -4.08. The average molecular weight is 472 g/mol. The first-order valence-corrected chi connectivity index (χ1v) is 12.8. The van der Waals surface area contributed by atoms with Crippen LogP contribution in [0.15, 0.2) is 127 Å². The number of fused-ring (bicyclic) bond motifs is 1. The lowest BCUT2D eigenvalue weighted by molar-refractivity contribution is 0.583. The molecule has 0 aromatic heterocycles. The van der Waals surface area contributed by atoms with Gasteiger partial charge in [0.05, 0.1) is 11.9 Å². The minimum absolute atomic E-state index is 0.110. The molecule has 0 saturated carbocycles. The zero-order valence-corrected chi connectivity index (χ0v) is 20.8. The Labute approximate surface area is 214 Å². The molecule has 180 valence electrons. The average Bonchev–Trinajstić information content (AvgIpc) is 2.94. The third-order valence-corrected chi connectivity index (χ3v) is 6.63. The molecule has 3 nitrogen and oxygen atoms in total. The molecule has 0 radical (unpaired) electrons. The summed E-state index contributed by atoms with van der Waals surface area (Å²) >= 11 is 0. The van der Waals surface area contributed by atoms with E-state index in [0.29, 0.717) is 0 Å². The Morgan fingerprint density at radius 3 is 1.75 bits per heavy atom. The summed E-state index contributed by atoms with van der Waals surface area (Å²) in [7, 11) is 0. The first-order chi connectivity index (χ1) is 17.8. The maximum atomic E-state index is 6.85. The summed E-state index contributed by atoms with van der Waals surface area (Å²) in [4.78, 5) is 4.58. The van der Waals surface area contributed by atoms with Gasteiger partial charge in [0, 0.05) is 28.1 Å². The summed E-state index contributed by atoms with van der Waals surface area (Å²) in [6, 6.07) is 44.8. The molecule has 2 N–H and O–H groups in total. The highest BCUT2D eigenvalue weighted by Crippen LogP contribution is 2.38. The Kier molecular flexibility index (Phi) is 7.30. The molecule has 0 spiro atoms. The van der Waals surface area contributed by atoms with E-state index in [2.05, 4.69) is 144 Å². The van der Waals surface area contributed by atoms with Crippen molar-refractivity contribution in [2.45, 2.75) is 32.4 Å². The first kappa shape index (κ1) is 23.7. The maximum Gasteiger partial charge on any atom is 0.0820 e. The fraction of sp³-hybridized carbons (Fsp3) is 0.152. The monoisotopic (exact) mass is 471 g/mol. The van der Waals surface area contributed by atoms with Gasteiger partial charge < -0.3 is 15.5 Å². The third-order valence-electron chi connectivity index (χ3n) is 6.63. The number of nitrogens with zero attached hydrogens (tertiary/aromatic N) is 2. The number of hydrogen-bond acceptors (Lipinski definition) is 3. The molecule has 5 rings (SSSR count). The van der Waals surface area contributed by atoms with E-state index >= 15 is 0 Å². The number of benzene rings is 5. The van der Waals surface area contributed by atoms with Crippen molar-refractivity contribution in [3.63, 3.8) is 0 Å². The van der Waals surface area contributed by atoms with Crippen molar-refractivity contribution in [3.05, 3.63) is 127 Å². The van der Waals surface area contributed by atoms with Crippen LogP contribution in [0.3, 0.4) is 0 Å². The molecule has 36 heavy (non-hydrogen) atoms. The number of rotatable bonds is 9. The minimum Gasteiger partial charge on any atom is -0.325 e. The summed E-state index contributed by atoms with van der Waals surface area (Å²) in [5, 5.41) is 2.44. The van der Waals surface area contributed by atoms with Crippen molar-refractivity contribution < 1.29 is 0 Å². The molecule has 0 amide bonds. The van der Waals surface area contributed by atoms with Gasteiger partial charge in [0.25, 0.3) is 0 Å². The molecular weight excluding hydrogens is 438 g/mol. The lowest BCUT2D eigenvalue weighted by Gasteiger charge is -2.33. The van der Waals surface area contributed by atoms with Gasteiger partial charge in [0.1, 0.15) is 0 Å². The molecule has 0 aliphatic rings. The van der Waals surface area contributed by atoms with Crippen molar-refractivity contribution in [3.8, 4) is 0 Å². The van der Waals surface area contributed by atoms with Gasteiger partial charge in [-0.1, -0.05) is 92.6 Å². The van der Waals surface area contributed by atoms with E-state index < -0.39 is 0 Å². The molecule has 1 atom stereocenters. The summed E-state index contributed by atoms with van der Waals surface area (Å²) in [6.07, 6.45) is 3.04. The van der Waals surface area contributed by atoms with Gasteiger partial charge in [0.2, 0.25) is 0 Å². The molecule has 0 saturated heterocycles. The predicted octanol–water partition coefficient (Wildman–Crippen LogP) is 8.92. The molecule has 1 unspecified atom stereocenters. The van der Waals surface area contributed by atoms with Crippen molar-refractivity contribution >= 4 is 39.2 Å². The molecule has 0 aliphatic heterocycles. The van der Waals surface area contributed by atoms with Crippen LogP contribution in [0.5, 0.6) is 0 Å². The molecule has 0 bridgehead atoms. The number of anilines is 5. The quantitative estimate of drug-likeness (QED) is 0.218. The number of hydrogen-bond donors (Lipinski definition) is 1. The van der Waals surface area contributed by atoms with Gasteiger partial charge in [-0.25, -0.2) is 0 Å². The van der Waals surface area contributed by atoms with Crippen LogP contribution in [-0.2, 0) is 0 Å². The van der Waals surface area contributed by atoms with Crippen molar-refractivity contribution in [1.29, 1.82) is 0 Å². The third kappa shape index (κ3) is 4.98. The van der Waals surface area contributed by atoms with Crippen LogP contribution in [0, 0.1) is 0 Å².